The molecule has 2 N–H and O–H groups in total. The van der Waals surface area contributed by atoms with Gasteiger partial charge in [0.25, 0.3) is 5.91 Å². The quantitative estimate of drug-likeness (QED) is 0.923. The minimum Gasteiger partial charge on any atom is -0.333 e. The van der Waals surface area contributed by atoms with Crippen molar-refractivity contribution in [2.45, 2.75) is 32.4 Å². The third kappa shape index (κ3) is 2.90. The number of hydrogen-bond donors (Lipinski definition) is 1. The van der Waals surface area contributed by atoms with Crippen LogP contribution in [0.15, 0.2) is 54.6 Å². The molecule has 0 unspecified atom stereocenters. The van der Waals surface area contributed by atoms with Crippen LogP contribution in [0.3, 0.4) is 0 Å². The van der Waals surface area contributed by atoms with Gasteiger partial charge in [-0.2, -0.15) is 0 Å². The Bertz CT molecular complexity index is 653. The Hall–Kier alpha value is -2.13. The summed E-state index contributed by atoms with van der Waals surface area (Å²) in [4.78, 5) is 14.6. The number of benzene rings is 2. The number of anilines is 1. The zero-order valence-corrected chi connectivity index (χ0v) is 13.2. The van der Waals surface area contributed by atoms with Gasteiger partial charge in [0, 0.05) is 17.3 Å². The average molecular weight is 295 g/mol. The van der Waals surface area contributed by atoms with Crippen molar-refractivity contribution in [1.82, 2.24) is 0 Å². The predicted octanol–water partition coefficient (Wildman–Crippen LogP) is 2.29. The molecule has 0 radical (unpaired) electrons. The van der Waals surface area contributed by atoms with Crippen molar-refractivity contribution in [3.63, 3.8) is 0 Å². The van der Waals surface area contributed by atoms with E-state index in [4.69, 9.17) is 0 Å². The highest BCUT2D eigenvalue weighted by Crippen LogP contribution is 2.31. The van der Waals surface area contributed by atoms with Crippen molar-refractivity contribution < 1.29 is 10.1 Å². The van der Waals surface area contributed by atoms with Gasteiger partial charge in [0.15, 0.2) is 6.54 Å². The molecule has 3 heteroatoms. The molecule has 2 aromatic carbocycles. The van der Waals surface area contributed by atoms with Gasteiger partial charge in [-0.1, -0.05) is 48.5 Å². The summed E-state index contributed by atoms with van der Waals surface area (Å²) >= 11 is 0. The molecule has 114 valence electrons. The number of nitrogens with two attached hydrogens (primary N) is 1. The molecule has 0 saturated heterocycles. The van der Waals surface area contributed by atoms with Crippen LogP contribution in [0.2, 0.25) is 0 Å². The lowest BCUT2D eigenvalue weighted by Crippen LogP contribution is -2.87. The monoisotopic (exact) mass is 295 g/mol. The first-order chi connectivity index (χ1) is 10.7. The highest BCUT2D eigenvalue weighted by Gasteiger charge is 2.31. The number of rotatable bonds is 4. The van der Waals surface area contributed by atoms with Crippen LogP contribution in [0.25, 0.3) is 0 Å². The number of hydrogen-bond acceptors (Lipinski definition) is 1. The molecule has 1 aliphatic rings. The molecule has 2 atom stereocenters. The molecule has 3 rings (SSSR count). The van der Waals surface area contributed by atoms with Crippen molar-refractivity contribution in [3.05, 3.63) is 65.7 Å². The summed E-state index contributed by atoms with van der Waals surface area (Å²) in [6, 6.07) is 19.1. The molecule has 0 aromatic heterocycles. The van der Waals surface area contributed by atoms with Crippen molar-refractivity contribution in [3.8, 4) is 0 Å². The third-order valence-corrected chi connectivity index (χ3v) is 4.45. The molecule has 0 saturated carbocycles. The average Bonchev–Trinajstić information content (AvgIpc) is 2.89. The van der Waals surface area contributed by atoms with E-state index in [-0.39, 0.29) is 11.9 Å². The summed E-state index contributed by atoms with van der Waals surface area (Å²) in [7, 11) is 0. The van der Waals surface area contributed by atoms with Gasteiger partial charge < -0.3 is 10.2 Å². The second kappa shape index (κ2) is 6.32. The van der Waals surface area contributed by atoms with E-state index in [0.717, 1.165) is 12.1 Å². The van der Waals surface area contributed by atoms with Gasteiger partial charge in [-0.15, -0.1) is 0 Å². The molecular weight excluding hydrogens is 272 g/mol. The van der Waals surface area contributed by atoms with Crippen LogP contribution in [0.4, 0.5) is 5.69 Å². The van der Waals surface area contributed by atoms with E-state index in [1.54, 1.807) is 0 Å². The molecule has 1 amide bonds. The minimum atomic E-state index is 0.195. The van der Waals surface area contributed by atoms with E-state index < -0.39 is 0 Å². The molecule has 1 aliphatic heterocycles. The van der Waals surface area contributed by atoms with E-state index >= 15 is 0 Å². The summed E-state index contributed by atoms with van der Waals surface area (Å²) in [5.74, 6) is 0.195. The van der Waals surface area contributed by atoms with Gasteiger partial charge >= 0.3 is 0 Å². The first-order valence-electron chi connectivity index (χ1n) is 7.95. The van der Waals surface area contributed by atoms with Crippen molar-refractivity contribution >= 4 is 11.6 Å². The Morgan fingerprint density at radius 3 is 2.64 bits per heavy atom. The smallest absolute Gasteiger partial charge is 0.282 e. The largest absolute Gasteiger partial charge is 0.333 e. The highest BCUT2D eigenvalue weighted by atomic mass is 16.2. The minimum absolute atomic E-state index is 0.195. The molecule has 1 heterocycles. The summed E-state index contributed by atoms with van der Waals surface area (Å²) < 4.78 is 0. The maximum absolute atomic E-state index is 12.6. The van der Waals surface area contributed by atoms with Crippen LogP contribution in [0.5, 0.6) is 0 Å². The van der Waals surface area contributed by atoms with Gasteiger partial charge in [0.2, 0.25) is 0 Å². The Morgan fingerprint density at radius 1 is 1.18 bits per heavy atom. The van der Waals surface area contributed by atoms with E-state index in [1.165, 1.54) is 11.1 Å². The molecule has 0 fully saturated rings. The normalized spacial score (nSPS) is 18.1. The number of amides is 1. The lowest BCUT2D eigenvalue weighted by molar-refractivity contribution is -0.682. The molecule has 0 bridgehead atoms. The van der Waals surface area contributed by atoms with Crippen LogP contribution in [0, 0.1) is 0 Å². The summed E-state index contributed by atoms with van der Waals surface area (Å²) in [5.41, 5.74) is 3.62. The standard InChI is InChI=1S/C19H22N2O/c1-14-12-17-10-6-7-11-18(17)21(14)19(22)13-20-15(2)16-8-4-3-5-9-16/h3-11,14-15,20H,12-13H2,1-2H3/p+1/t14-,15+/m0/s1. The first kappa shape index (κ1) is 14.8. The predicted molar refractivity (Wildman–Crippen MR) is 88.7 cm³/mol. The number of carbonyl (C=O) groups is 1. The fourth-order valence-corrected chi connectivity index (χ4v) is 3.21. The summed E-state index contributed by atoms with van der Waals surface area (Å²) in [6.45, 7) is 4.75. The number of nitrogens with zero attached hydrogens (tertiary/aromatic N) is 1. The Morgan fingerprint density at radius 2 is 1.86 bits per heavy atom. The number of carbonyl (C=O) groups excluding carboxylic acids is 1. The Kier molecular flexibility index (Phi) is 4.25. The second-order valence-electron chi connectivity index (χ2n) is 6.08. The van der Waals surface area contributed by atoms with E-state index in [0.29, 0.717) is 12.6 Å². The first-order valence-corrected chi connectivity index (χ1v) is 7.95. The number of para-hydroxylation sites is 1. The van der Waals surface area contributed by atoms with Crippen molar-refractivity contribution in [2.24, 2.45) is 0 Å². The van der Waals surface area contributed by atoms with Crippen LogP contribution in [0.1, 0.15) is 31.0 Å². The zero-order chi connectivity index (χ0) is 15.5. The number of quaternary nitrogens is 1. The number of fused-ring (bicyclic) bond motifs is 1. The molecule has 3 nitrogen and oxygen atoms in total. The lowest BCUT2D eigenvalue weighted by atomic mass is 10.1. The third-order valence-electron chi connectivity index (χ3n) is 4.45. The van der Waals surface area contributed by atoms with Crippen molar-refractivity contribution in [2.75, 3.05) is 11.4 Å². The van der Waals surface area contributed by atoms with Crippen molar-refractivity contribution in [1.29, 1.82) is 0 Å². The topological polar surface area (TPSA) is 36.9 Å². The van der Waals surface area contributed by atoms with E-state index in [2.05, 4.69) is 43.4 Å². The molecule has 22 heavy (non-hydrogen) atoms. The van der Waals surface area contributed by atoms with Gasteiger partial charge in [0.1, 0.15) is 6.04 Å². The van der Waals surface area contributed by atoms with Crippen LogP contribution < -0.4 is 10.2 Å². The Balaban J connectivity index is 1.65. The molecular formula is C19H23N2O+. The zero-order valence-electron chi connectivity index (χ0n) is 13.2. The van der Waals surface area contributed by atoms with Crippen LogP contribution in [-0.4, -0.2) is 18.5 Å². The fourth-order valence-electron chi connectivity index (χ4n) is 3.21. The van der Waals surface area contributed by atoms with Gasteiger partial charge in [-0.05, 0) is 31.9 Å². The summed E-state index contributed by atoms with van der Waals surface area (Å²) in [5, 5.41) is 2.12. The molecule has 2 aromatic rings. The van der Waals surface area contributed by atoms with Gasteiger partial charge in [-0.3, -0.25) is 4.79 Å². The second-order valence-corrected chi connectivity index (χ2v) is 6.08. The maximum atomic E-state index is 12.6. The van der Waals surface area contributed by atoms with Crippen LogP contribution in [-0.2, 0) is 11.2 Å². The van der Waals surface area contributed by atoms with E-state index in [9.17, 15) is 4.79 Å². The Labute approximate surface area is 132 Å². The highest BCUT2D eigenvalue weighted by molar-refractivity contribution is 5.96. The molecule has 0 spiro atoms. The lowest BCUT2D eigenvalue weighted by Gasteiger charge is -2.22. The van der Waals surface area contributed by atoms with E-state index in [1.807, 2.05) is 35.2 Å². The van der Waals surface area contributed by atoms with Gasteiger partial charge in [0.05, 0.1) is 0 Å². The molecule has 0 aliphatic carbocycles. The summed E-state index contributed by atoms with van der Waals surface area (Å²) in [6.07, 6.45) is 0.955. The fraction of sp³-hybridized carbons (Fsp3) is 0.316. The van der Waals surface area contributed by atoms with Crippen LogP contribution >= 0.6 is 0 Å². The maximum Gasteiger partial charge on any atom is 0.282 e. The SMILES string of the molecule is C[C@@H]([NH2+]CC(=O)N1c2ccccc2C[C@@H]1C)c1ccccc1. The van der Waals surface area contributed by atoms with Gasteiger partial charge in [-0.25, -0.2) is 0 Å².